The SMILES string of the molecule is C=CCOc1ccc(C=C(C)C)c2ccccc12. The maximum atomic E-state index is 5.69. The van der Waals surface area contributed by atoms with Crippen LogP contribution in [-0.4, -0.2) is 6.61 Å². The highest BCUT2D eigenvalue weighted by atomic mass is 16.5. The molecule has 92 valence electrons. The van der Waals surface area contributed by atoms with Gasteiger partial charge in [0.2, 0.25) is 0 Å². The van der Waals surface area contributed by atoms with E-state index < -0.39 is 0 Å². The van der Waals surface area contributed by atoms with Crippen LogP contribution >= 0.6 is 0 Å². The van der Waals surface area contributed by atoms with Crippen molar-refractivity contribution in [3.05, 3.63) is 60.2 Å². The fraction of sp³-hybridized carbons (Fsp3) is 0.176. The van der Waals surface area contributed by atoms with Gasteiger partial charge in [-0.3, -0.25) is 0 Å². The van der Waals surface area contributed by atoms with E-state index in [1.165, 1.54) is 16.5 Å². The van der Waals surface area contributed by atoms with Gasteiger partial charge in [-0.05, 0) is 30.9 Å². The molecule has 0 saturated carbocycles. The van der Waals surface area contributed by atoms with Crippen LogP contribution in [0.2, 0.25) is 0 Å². The first-order chi connectivity index (χ1) is 8.72. The van der Waals surface area contributed by atoms with Crippen molar-refractivity contribution in [3.8, 4) is 5.75 Å². The van der Waals surface area contributed by atoms with Crippen molar-refractivity contribution in [1.29, 1.82) is 0 Å². The second kappa shape index (κ2) is 5.54. The van der Waals surface area contributed by atoms with E-state index in [9.17, 15) is 0 Å². The van der Waals surface area contributed by atoms with Crippen molar-refractivity contribution in [2.75, 3.05) is 6.61 Å². The van der Waals surface area contributed by atoms with Gasteiger partial charge < -0.3 is 4.74 Å². The molecule has 0 spiro atoms. The number of hydrogen-bond acceptors (Lipinski definition) is 1. The molecule has 0 aliphatic carbocycles. The molecule has 0 unspecified atom stereocenters. The molecule has 2 aromatic carbocycles. The monoisotopic (exact) mass is 238 g/mol. The van der Waals surface area contributed by atoms with Gasteiger partial charge in [0.1, 0.15) is 12.4 Å². The maximum absolute atomic E-state index is 5.69. The highest BCUT2D eigenvalue weighted by Gasteiger charge is 2.04. The first-order valence-corrected chi connectivity index (χ1v) is 6.12. The fourth-order valence-electron chi connectivity index (χ4n) is 2.01. The van der Waals surface area contributed by atoms with Crippen molar-refractivity contribution in [3.63, 3.8) is 0 Å². The van der Waals surface area contributed by atoms with E-state index in [1.54, 1.807) is 6.08 Å². The first kappa shape index (κ1) is 12.4. The largest absolute Gasteiger partial charge is 0.489 e. The Labute approximate surface area is 108 Å². The summed E-state index contributed by atoms with van der Waals surface area (Å²) in [6.45, 7) is 8.43. The fourth-order valence-corrected chi connectivity index (χ4v) is 2.01. The highest BCUT2D eigenvalue weighted by Crippen LogP contribution is 2.29. The molecule has 0 heterocycles. The van der Waals surface area contributed by atoms with Gasteiger partial charge in [-0.2, -0.15) is 0 Å². The van der Waals surface area contributed by atoms with Crippen molar-refractivity contribution in [1.82, 2.24) is 0 Å². The van der Waals surface area contributed by atoms with Gasteiger partial charge in [-0.15, -0.1) is 0 Å². The second-order valence-corrected chi connectivity index (χ2v) is 4.52. The smallest absolute Gasteiger partial charge is 0.127 e. The molecule has 0 aliphatic heterocycles. The molecule has 0 saturated heterocycles. The molecule has 1 heteroatoms. The van der Waals surface area contributed by atoms with Crippen LogP contribution in [0.5, 0.6) is 5.75 Å². The van der Waals surface area contributed by atoms with E-state index >= 15 is 0 Å². The van der Waals surface area contributed by atoms with Gasteiger partial charge in [0.15, 0.2) is 0 Å². The van der Waals surface area contributed by atoms with Crippen molar-refractivity contribution in [2.24, 2.45) is 0 Å². The zero-order valence-electron chi connectivity index (χ0n) is 10.9. The molecule has 0 atom stereocenters. The Morgan fingerprint density at radius 1 is 1.11 bits per heavy atom. The molecule has 0 fully saturated rings. The van der Waals surface area contributed by atoms with E-state index in [-0.39, 0.29) is 0 Å². The Hall–Kier alpha value is -2.02. The van der Waals surface area contributed by atoms with Gasteiger partial charge in [0, 0.05) is 5.39 Å². The summed E-state index contributed by atoms with van der Waals surface area (Å²) in [6.07, 6.45) is 3.96. The van der Waals surface area contributed by atoms with Crippen LogP contribution in [0.1, 0.15) is 19.4 Å². The van der Waals surface area contributed by atoms with Crippen molar-refractivity contribution < 1.29 is 4.74 Å². The zero-order chi connectivity index (χ0) is 13.0. The van der Waals surface area contributed by atoms with Crippen molar-refractivity contribution >= 4 is 16.8 Å². The number of hydrogen-bond donors (Lipinski definition) is 0. The predicted octanol–water partition coefficient (Wildman–Crippen LogP) is 4.83. The Balaban J connectivity index is 2.58. The molecule has 0 radical (unpaired) electrons. The molecule has 0 aliphatic rings. The lowest BCUT2D eigenvalue weighted by molar-refractivity contribution is 0.367. The topological polar surface area (TPSA) is 9.23 Å². The summed E-state index contributed by atoms with van der Waals surface area (Å²) in [5, 5.41) is 2.37. The maximum Gasteiger partial charge on any atom is 0.127 e. The van der Waals surface area contributed by atoms with E-state index in [2.05, 4.69) is 50.8 Å². The molecule has 0 amide bonds. The predicted molar refractivity (Wildman–Crippen MR) is 79.0 cm³/mol. The lowest BCUT2D eigenvalue weighted by Crippen LogP contribution is -1.94. The average molecular weight is 238 g/mol. The lowest BCUT2D eigenvalue weighted by Gasteiger charge is -2.10. The summed E-state index contributed by atoms with van der Waals surface area (Å²) in [4.78, 5) is 0. The summed E-state index contributed by atoms with van der Waals surface area (Å²) in [7, 11) is 0. The summed E-state index contributed by atoms with van der Waals surface area (Å²) in [5.41, 5.74) is 2.52. The molecule has 0 aromatic heterocycles. The molecular weight excluding hydrogens is 220 g/mol. The Morgan fingerprint density at radius 3 is 2.50 bits per heavy atom. The summed E-state index contributed by atoms with van der Waals surface area (Å²) < 4.78 is 5.69. The normalized spacial score (nSPS) is 10.1. The van der Waals surface area contributed by atoms with Gasteiger partial charge in [0.05, 0.1) is 0 Å². The van der Waals surface area contributed by atoms with E-state index in [4.69, 9.17) is 4.74 Å². The Bertz CT molecular complexity index is 590. The minimum absolute atomic E-state index is 0.534. The lowest BCUT2D eigenvalue weighted by atomic mass is 10.0. The third-order valence-electron chi connectivity index (χ3n) is 2.72. The zero-order valence-corrected chi connectivity index (χ0v) is 10.9. The minimum Gasteiger partial charge on any atom is -0.489 e. The van der Waals surface area contributed by atoms with Crippen LogP contribution in [0, 0.1) is 0 Å². The second-order valence-electron chi connectivity index (χ2n) is 4.52. The average Bonchev–Trinajstić information content (AvgIpc) is 2.37. The van der Waals surface area contributed by atoms with Gasteiger partial charge in [-0.1, -0.05) is 54.6 Å². The molecule has 0 N–H and O–H groups in total. The molecule has 1 nitrogen and oxygen atoms in total. The van der Waals surface area contributed by atoms with E-state index in [0.29, 0.717) is 6.61 Å². The Kier molecular flexibility index (Phi) is 3.83. The van der Waals surface area contributed by atoms with Crippen LogP contribution in [0.15, 0.2) is 54.6 Å². The Morgan fingerprint density at radius 2 is 1.83 bits per heavy atom. The van der Waals surface area contributed by atoms with Crippen LogP contribution in [0.3, 0.4) is 0 Å². The third-order valence-corrected chi connectivity index (χ3v) is 2.72. The number of benzene rings is 2. The molecule has 2 aromatic rings. The molecule has 2 rings (SSSR count). The number of allylic oxidation sites excluding steroid dienone is 1. The van der Waals surface area contributed by atoms with Crippen LogP contribution < -0.4 is 4.74 Å². The van der Waals surface area contributed by atoms with Crippen LogP contribution in [0.4, 0.5) is 0 Å². The van der Waals surface area contributed by atoms with Gasteiger partial charge in [0.25, 0.3) is 0 Å². The number of rotatable bonds is 4. The standard InChI is InChI=1S/C17H18O/c1-4-11-18-17-10-9-14(12-13(2)3)15-7-5-6-8-16(15)17/h4-10,12H,1,11H2,2-3H3. The quantitative estimate of drug-likeness (QED) is 0.693. The van der Waals surface area contributed by atoms with Gasteiger partial charge in [-0.25, -0.2) is 0 Å². The summed E-state index contributed by atoms with van der Waals surface area (Å²) >= 11 is 0. The first-order valence-electron chi connectivity index (χ1n) is 6.12. The molecule has 0 bridgehead atoms. The minimum atomic E-state index is 0.534. The highest BCUT2D eigenvalue weighted by molar-refractivity contribution is 5.95. The number of ether oxygens (including phenoxy) is 1. The van der Waals surface area contributed by atoms with Crippen molar-refractivity contribution in [2.45, 2.75) is 13.8 Å². The van der Waals surface area contributed by atoms with Crippen LogP contribution in [-0.2, 0) is 0 Å². The van der Waals surface area contributed by atoms with Gasteiger partial charge >= 0.3 is 0 Å². The van der Waals surface area contributed by atoms with Crippen LogP contribution in [0.25, 0.3) is 16.8 Å². The summed E-state index contributed by atoms with van der Waals surface area (Å²) in [5.74, 6) is 0.913. The van der Waals surface area contributed by atoms with E-state index in [1.807, 2.05) is 12.1 Å². The molecular formula is C17H18O. The van der Waals surface area contributed by atoms with E-state index in [0.717, 1.165) is 11.1 Å². The molecule has 18 heavy (non-hydrogen) atoms. The third kappa shape index (κ3) is 2.62. The summed E-state index contributed by atoms with van der Waals surface area (Å²) in [6, 6.07) is 12.5. The number of fused-ring (bicyclic) bond motifs is 1.